The van der Waals surface area contributed by atoms with Gasteiger partial charge in [-0.3, -0.25) is 0 Å². The number of hydrogen-bond acceptors (Lipinski definition) is 3. The molecule has 0 saturated heterocycles. The molecule has 112 valence electrons. The molecule has 1 aliphatic carbocycles. The fourth-order valence-corrected chi connectivity index (χ4v) is 2.24. The van der Waals surface area contributed by atoms with Crippen LogP contribution < -0.4 is 5.32 Å². The van der Waals surface area contributed by atoms with Crippen molar-refractivity contribution in [2.24, 2.45) is 0 Å². The van der Waals surface area contributed by atoms with Crippen LogP contribution in [0, 0.1) is 0 Å². The molecular weight excluding hydrogens is 271 g/mol. The number of alkyl halides is 3. The molecular formula is C14H18F3NO2. The number of hydrogen-bond donors (Lipinski definition) is 3. The van der Waals surface area contributed by atoms with Crippen molar-refractivity contribution in [1.29, 1.82) is 0 Å². The monoisotopic (exact) mass is 289 g/mol. The van der Waals surface area contributed by atoms with Crippen LogP contribution in [0.3, 0.4) is 0 Å². The molecule has 1 aliphatic rings. The lowest BCUT2D eigenvalue weighted by molar-refractivity contribution is -0.137. The Kier molecular flexibility index (Phi) is 4.36. The molecule has 0 bridgehead atoms. The van der Waals surface area contributed by atoms with Gasteiger partial charge < -0.3 is 15.5 Å². The SMILES string of the molecule is OC(CNCC1(O)CCC1)c1cccc(C(F)(F)F)c1. The lowest BCUT2D eigenvalue weighted by Crippen LogP contribution is -2.47. The maximum atomic E-state index is 12.6. The van der Waals surface area contributed by atoms with Gasteiger partial charge in [-0.1, -0.05) is 12.1 Å². The number of rotatable bonds is 5. The third-order valence-corrected chi connectivity index (χ3v) is 3.67. The normalized spacial score (nSPS) is 19.4. The van der Waals surface area contributed by atoms with E-state index in [4.69, 9.17) is 0 Å². The van der Waals surface area contributed by atoms with Gasteiger partial charge in [0, 0.05) is 13.1 Å². The van der Waals surface area contributed by atoms with E-state index in [-0.39, 0.29) is 12.1 Å². The van der Waals surface area contributed by atoms with Crippen LogP contribution in [0.2, 0.25) is 0 Å². The van der Waals surface area contributed by atoms with Crippen LogP contribution in [0.15, 0.2) is 24.3 Å². The van der Waals surface area contributed by atoms with Gasteiger partial charge in [-0.2, -0.15) is 13.2 Å². The average Bonchev–Trinajstić information content (AvgIpc) is 2.36. The van der Waals surface area contributed by atoms with Crippen molar-refractivity contribution in [1.82, 2.24) is 5.32 Å². The summed E-state index contributed by atoms with van der Waals surface area (Å²) in [5, 5.41) is 22.6. The van der Waals surface area contributed by atoms with Crippen molar-refractivity contribution in [3.05, 3.63) is 35.4 Å². The van der Waals surface area contributed by atoms with Crippen LogP contribution in [-0.4, -0.2) is 28.9 Å². The van der Waals surface area contributed by atoms with Gasteiger partial charge >= 0.3 is 6.18 Å². The molecule has 0 aromatic heterocycles. The number of benzene rings is 1. The van der Waals surface area contributed by atoms with Gasteiger partial charge in [-0.05, 0) is 37.0 Å². The third-order valence-electron chi connectivity index (χ3n) is 3.67. The van der Waals surface area contributed by atoms with Gasteiger partial charge in [0.25, 0.3) is 0 Å². The van der Waals surface area contributed by atoms with Crippen LogP contribution in [0.1, 0.15) is 36.5 Å². The number of aliphatic hydroxyl groups excluding tert-OH is 1. The Bertz CT molecular complexity index is 458. The van der Waals surface area contributed by atoms with Crippen molar-refractivity contribution in [3.63, 3.8) is 0 Å². The Morgan fingerprint density at radius 1 is 1.30 bits per heavy atom. The molecule has 20 heavy (non-hydrogen) atoms. The standard InChI is InChI=1S/C14H18F3NO2/c15-14(16,17)11-4-1-3-10(7-11)12(19)8-18-9-13(20)5-2-6-13/h1,3-4,7,12,18-20H,2,5-6,8-9H2. The molecule has 0 radical (unpaired) electrons. The van der Waals surface area contributed by atoms with Gasteiger partial charge in [0.2, 0.25) is 0 Å². The molecule has 1 aromatic rings. The Morgan fingerprint density at radius 2 is 2.00 bits per heavy atom. The van der Waals surface area contributed by atoms with E-state index in [1.54, 1.807) is 0 Å². The van der Waals surface area contributed by atoms with Crippen LogP contribution >= 0.6 is 0 Å². The number of aliphatic hydroxyl groups is 2. The van der Waals surface area contributed by atoms with Gasteiger partial charge in [0.15, 0.2) is 0 Å². The van der Waals surface area contributed by atoms with Crippen molar-refractivity contribution in [3.8, 4) is 0 Å². The number of halogens is 3. The first-order valence-electron chi connectivity index (χ1n) is 6.58. The summed E-state index contributed by atoms with van der Waals surface area (Å²) < 4.78 is 37.7. The second-order valence-corrected chi connectivity index (χ2v) is 5.35. The molecule has 1 atom stereocenters. The Balaban J connectivity index is 1.90. The second-order valence-electron chi connectivity index (χ2n) is 5.35. The first-order chi connectivity index (χ1) is 9.30. The fourth-order valence-electron chi connectivity index (χ4n) is 2.24. The highest BCUT2D eigenvalue weighted by Gasteiger charge is 2.34. The van der Waals surface area contributed by atoms with E-state index in [9.17, 15) is 23.4 Å². The molecule has 1 aromatic carbocycles. The minimum atomic E-state index is -4.41. The molecule has 3 nitrogen and oxygen atoms in total. The Morgan fingerprint density at radius 3 is 2.55 bits per heavy atom. The first-order valence-corrected chi connectivity index (χ1v) is 6.58. The average molecular weight is 289 g/mol. The zero-order chi connectivity index (χ0) is 14.8. The molecule has 6 heteroatoms. The van der Waals surface area contributed by atoms with Gasteiger partial charge in [-0.25, -0.2) is 0 Å². The summed E-state index contributed by atoms with van der Waals surface area (Å²) in [6, 6.07) is 4.66. The van der Waals surface area contributed by atoms with E-state index < -0.39 is 23.4 Å². The minimum absolute atomic E-state index is 0.115. The summed E-state index contributed by atoms with van der Waals surface area (Å²) >= 11 is 0. The summed E-state index contributed by atoms with van der Waals surface area (Å²) in [4.78, 5) is 0. The Hall–Kier alpha value is -1.11. The summed E-state index contributed by atoms with van der Waals surface area (Å²) in [6.07, 6.45) is -3.02. The predicted octanol–water partition coefficient (Wildman–Crippen LogP) is 2.24. The van der Waals surface area contributed by atoms with Crippen molar-refractivity contribution in [2.45, 2.75) is 37.1 Å². The Labute approximate surface area is 115 Å². The van der Waals surface area contributed by atoms with E-state index in [1.807, 2.05) is 0 Å². The largest absolute Gasteiger partial charge is 0.416 e. The lowest BCUT2D eigenvalue weighted by Gasteiger charge is -2.37. The lowest BCUT2D eigenvalue weighted by atomic mass is 9.80. The van der Waals surface area contributed by atoms with Crippen molar-refractivity contribution >= 4 is 0 Å². The summed E-state index contributed by atoms with van der Waals surface area (Å²) in [6.45, 7) is 0.465. The maximum absolute atomic E-state index is 12.6. The molecule has 2 rings (SSSR count). The summed E-state index contributed by atoms with van der Waals surface area (Å²) in [7, 11) is 0. The van der Waals surface area contributed by atoms with E-state index in [1.165, 1.54) is 12.1 Å². The second kappa shape index (κ2) is 5.71. The molecule has 1 saturated carbocycles. The molecule has 0 spiro atoms. The molecule has 1 unspecified atom stereocenters. The first kappa shape index (κ1) is 15.3. The highest BCUT2D eigenvalue weighted by molar-refractivity contribution is 5.27. The van der Waals surface area contributed by atoms with Gasteiger partial charge in [-0.15, -0.1) is 0 Å². The van der Waals surface area contributed by atoms with E-state index in [0.29, 0.717) is 6.54 Å². The maximum Gasteiger partial charge on any atom is 0.416 e. The molecule has 0 amide bonds. The zero-order valence-electron chi connectivity index (χ0n) is 11.0. The topological polar surface area (TPSA) is 52.5 Å². The smallest absolute Gasteiger partial charge is 0.389 e. The van der Waals surface area contributed by atoms with Crippen LogP contribution in [0.5, 0.6) is 0 Å². The van der Waals surface area contributed by atoms with Crippen LogP contribution in [0.25, 0.3) is 0 Å². The highest BCUT2D eigenvalue weighted by atomic mass is 19.4. The number of nitrogens with one attached hydrogen (secondary N) is 1. The zero-order valence-corrected chi connectivity index (χ0v) is 11.0. The fraction of sp³-hybridized carbons (Fsp3) is 0.571. The van der Waals surface area contributed by atoms with Crippen LogP contribution in [-0.2, 0) is 6.18 Å². The minimum Gasteiger partial charge on any atom is -0.389 e. The third kappa shape index (κ3) is 3.71. The molecule has 0 heterocycles. The van der Waals surface area contributed by atoms with Gasteiger partial charge in [0.05, 0.1) is 17.3 Å². The van der Waals surface area contributed by atoms with Gasteiger partial charge in [0.1, 0.15) is 0 Å². The molecule has 3 N–H and O–H groups in total. The highest BCUT2D eigenvalue weighted by Crippen LogP contribution is 2.32. The van der Waals surface area contributed by atoms with E-state index >= 15 is 0 Å². The predicted molar refractivity (Wildman–Crippen MR) is 68.1 cm³/mol. The van der Waals surface area contributed by atoms with Crippen molar-refractivity contribution < 1.29 is 23.4 Å². The van der Waals surface area contributed by atoms with Crippen LogP contribution in [0.4, 0.5) is 13.2 Å². The molecule has 0 aliphatic heterocycles. The van der Waals surface area contributed by atoms with Crippen molar-refractivity contribution in [2.75, 3.05) is 13.1 Å². The molecule has 1 fully saturated rings. The van der Waals surface area contributed by atoms with E-state index in [2.05, 4.69) is 5.32 Å². The summed E-state index contributed by atoms with van der Waals surface area (Å²) in [5.74, 6) is 0. The van der Waals surface area contributed by atoms with E-state index in [0.717, 1.165) is 31.4 Å². The summed E-state index contributed by atoms with van der Waals surface area (Å²) in [5.41, 5.74) is -1.27. The quantitative estimate of drug-likeness (QED) is 0.779.